The summed E-state index contributed by atoms with van der Waals surface area (Å²) < 4.78 is 49.6. The van der Waals surface area contributed by atoms with E-state index < -0.39 is 31.0 Å². The lowest BCUT2D eigenvalue weighted by atomic mass is 10.3. The van der Waals surface area contributed by atoms with Crippen LogP contribution in [0.4, 0.5) is 0 Å². The fraction of sp³-hybridized carbons (Fsp3) is 0.583. The minimum Gasteiger partial charge on any atom is -0.339 e. The van der Waals surface area contributed by atoms with Crippen LogP contribution in [-0.4, -0.2) is 69.6 Å². The average Bonchev–Trinajstić information content (AvgIpc) is 2.92. The van der Waals surface area contributed by atoms with Crippen LogP contribution in [0.1, 0.15) is 6.92 Å². The van der Waals surface area contributed by atoms with Gasteiger partial charge in [-0.2, -0.15) is 4.31 Å². The van der Waals surface area contributed by atoms with Crippen LogP contribution in [-0.2, 0) is 24.7 Å². The molecule has 1 aromatic rings. The topological polar surface area (TPSA) is 91.8 Å². The SMILES string of the molecule is CC(C(=O)N1CCN(S(=O)(=O)c2ccc(Cl)s2)CC1)S(C)(=O)=O. The van der Waals surface area contributed by atoms with Gasteiger partial charge in [-0.05, 0) is 19.1 Å². The maximum Gasteiger partial charge on any atom is 0.252 e. The second kappa shape index (κ2) is 6.67. The van der Waals surface area contributed by atoms with E-state index in [1.54, 1.807) is 0 Å². The molecule has 23 heavy (non-hydrogen) atoms. The summed E-state index contributed by atoms with van der Waals surface area (Å²) in [5.41, 5.74) is 0. The van der Waals surface area contributed by atoms with Gasteiger partial charge >= 0.3 is 0 Å². The molecule has 1 saturated heterocycles. The number of amides is 1. The Bertz CT molecular complexity index is 794. The summed E-state index contributed by atoms with van der Waals surface area (Å²) in [6, 6.07) is 2.97. The summed E-state index contributed by atoms with van der Waals surface area (Å²) >= 11 is 6.75. The second-order valence-corrected chi connectivity index (χ2v) is 11.5. The lowest BCUT2D eigenvalue weighted by Crippen LogP contribution is -2.53. The third-order valence-electron chi connectivity index (χ3n) is 3.68. The molecule has 0 aromatic carbocycles. The van der Waals surface area contributed by atoms with Gasteiger partial charge in [0.1, 0.15) is 9.46 Å². The van der Waals surface area contributed by atoms with Crippen molar-refractivity contribution in [2.24, 2.45) is 0 Å². The number of nitrogens with zero attached hydrogens (tertiary/aromatic N) is 2. The van der Waals surface area contributed by atoms with Gasteiger partial charge < -0.3 is 4.90 Å². The summed E-state index contributed by atoms with van der Waals surface area (Å²) in [6.45, 7) is 1.92. The van der Waals surface area contributed by atoms with E-state index in [0.717, 1.165) is 17.6 Å². The van der Waals surface area contributed by atoms with E-state index in [-0.39, 0.29) is 30.4 Å². The zero-order valence-electron chi connectivity index (χ0n) is 12.6. The minimum atomic E-state index is -3.63. The Morgan fingerprint density at radius 1 is 1.17 bits per heavy atom. The van der Waals surface area contributed by atoms with Gasteiger partial charge in [0, 0.05) is 32.4 Å². The summed E-state index contributed by atoms with van der Waals surface area (Å²) in [5.74, 6) is -0.497. The largest absolute Gasteiger partial charge is 0.339 e. The van der Waals surface area contributed by atoms with E-state index in [2.05, 4.69) is 0 Å². The number of rotatable bonds is 4. The van der Waals surface area contributed by atoms with Crippen molar-refractivity contribution >= 4 is 48.7 Å². The number of sulfonamides is 1. The fourth-order valence-corrected chi connectivity index (χ4v) is 5.73. The maximum atomic E-state index is 12.4. The first kappa shape index (κ1) is 18.7. The normalized spacial score (nSPS) is 18.8. The number of hydrogen-bond acceptors (Lipinski definition) is 6. The highest BCUT2D eigenvalue weighted by Gasteiger charge is 2.34. The molecule has 0 bridgehead atoms. The van der Waals surface area contributed by atoms with Crippen molar-refractivity contribution in [3.8, 4) is 0 Å². The van der Waals surface area contributed by atoms with Gasteiger partial charge in [-0.1, -0.05) is 11.6 Å². The number of carbonyl (C=O) groups is 1. The van der Waals surface area contributed by atoms with Gasteiger partial charge in [0.25, 0.3) is 10.0 Å². The highest BCUT2D eigenvalue weighted by Crippen LogP contribution is 2.28. The summed E-state index contributed by atoms with van der Waals surface area (Å²) in [4.78, 5) is 13.5. The van der Waals surface area contributed by atoms with Crippen molar-refractivity contribution in [3.63, 3.8) is 0 Å². The molecule has 1 aliphatic rings. The van der Waals surface area contributed by atoms with Crippen molar-refractivity contribution in [3.05, 3.63) is 16.5 Å². The van der Waals surface area contributed by atoms with E-state index in [4.69, 9.17) is 11.6 Å². The third kappa shape index (κ3) is 4.05. The molecular formula is C12H17ClN2O5S3. The van der Waals surface area contributed by atoms with E-state index in [1.165, 1.54) is 28.3 Å². The predicted molar refractivity (Wildman–Crippen MR) is 89.0 cm³/mol. The molecule has 7 nitrogen and oxygen atoms in total. The smallest absolute Gasteiger partial charge is 0.252 e. The molecule has 1 fully saturated rings. The van der Waals surface area contributed by atoms with Gasteiger partial charge in [0.05, 0.1) is 4.34 Å². The molecular weight excluding hydrogens is 384 g/mol. The van der Waals surface area contributed by atoms with Crippen LogP contribution in [0.15, 0.2) is 16.3 Å². The molecule has 1 aromatic heterocycles. The molecule has 1 atom stereocenters. The molecule has 11 heteroatoms. The van der Waals surface area contributed by atoms with Crippen LogP contribution in [0, 0.1) is 0 Å². The highest BCUT2D eigenvalue weighted by molar-refractivity contribution is 7.92. The Labute approximate surface area is 144 Å². The van der Waals surface area contributed by atoms with Crippen molar-refractivity contribution in [1.82, 2.24) is 9.21 Å². The standard InChI is InChI=1S/C12H17ClN2O5S3/c1-9(22(2,17)18)12(16)14-5-7-15(8-6-14)23(19,20)11-4-3-10(13)21-11/h3-4,9H,5-8H2,1-2H3. The van der Waals surface area contributed by atoms with Gasteiger partial charge in [-0.15, -0.1) is 11.3 Å². The Morgan fingerprint density at radius 2 is 1.74 bits per heavy atom. The minimum absolute atomic E-state index is 0.125. The van der Waals surface area contributed by atoms with Crippen LogP contribution < -0.4 is 0 Å². The molecule has 0 radical (unpaired) electrons. The molecule has 2 rings (SSSR count). The van der Waals surface area contributed by atoms with Crippen LogP contribution in [0.2, 0.25) is 4.34 Å². The molecule has 0 spiro atoms. The zero-order chi connectivity index (χ0) is 17.4. The Hall–Kier alpha value is -0.680. The van der Waals surface area contributed by atoms with Crippen molar-refractivity contribution in [2.45, 2.75) is 16.4 Å². The van der Waals surface area contributed by atoms with Crippen LogP contribution in [0.3, 0.4) is 0 Å². The lowest BCUT2D eigenvalue weighted by molar-refractivity contribution is -0.131. The van der Waals surface area contributed by atoms with E-state index in [9.17, 15) is 21.6 Å². The van der Waals surface area contributed by atoms with Crippen molar-refractivity contribution in [2.75, 3.05) is 32.4 Å². The van der Waals surface area contributed by atoms with Gasteiger partial charge in [0.2, 0.25) is 5.91 Å². The first-order valence-corrected chi connectivity index (χ1v) is 11.4. The molecule has 1 amide bonds. The van der Waals surface area contributed by atoms with Crippen LogP contribution in [0.25, 0.3) is 0 Å². The Morgan fingerprint density at radius 3 is 2.17 bits per heavy atom. The van der Waals surface area contributed by atoms with Crippen LogP contribution >= 0.6 is 22.9 Å². The number of hydrogen-bond donors (Lipinski definition) is 0. The first-order chi connectivity index (χ1) is 10.5. The van der Waals surface area contributed by atoms with Gasteiger partial charge in [-0.25, -0.2) is 16.8 Å². The first-order valence-electron chi connectivity index (χ1n) is 6.76. The van der Waals surface area contributed by atoms with E-state index >= 15 is 0 Å². The Balaban J connectivity index is 2.05. The zero-order valence-corrected chi connectivity index (χ0v) is 15.8. The molecule has 0 saturated carbocycles. The number of halogens is 1. The van der Waals surface area contributed by atoms with Crippen molar-refractivity contribution in [1.29, 1.82) is 0 Å². The number of sulfone groups is 1. The second-order valence-electron chi connectivity index (χ2n) is 5.26. The summed E-state index contributed by atoms with van der Waals surface area (Å²) in [7, 11) is -7.10. The van der Waals surface area contributed by atoms with Gasteiger partial charge in [0.15, 0.2) is 9.84 Å². The summed E-state index contributed by atoms with van der Waals surface area (Å²) in [5, 5.41) is -1.12. The lowest BCUT2D eigenvalue weighted by Gasteiger charge is -2.34. The monoisotopic (exact) mass is 400 g/mol. The van der Waals surface area contributed by atoms with E-state index in [0.29, 0.717) is 4.34 Å². The average molecular weight is 401 g/mol. The van der Waals surface area contributed by atoms with Crippen molar-refractivity contribution < 1.29 is 21.6 Å². The van der Waals surface area contributed by atoms with E-state index in [1.807, 2.05) is 0 Å². The molecule has 0 aliphatic carbocycles. The Kier molecular flexibility index (Phi) is 5.41. The third-order valence-corrected chi connectivity index (χ3v) is 8.77. The number of piperazine rings is 1. The fourth-order valence-electron chi connectivity index (χ4n) is 2.15. The predicted octanol–water partition coefficient (Wildman–Crippen LogP) is 0.668. The molecule has 130 valence electrons. The number of thiophene rings is 1. The molecule has 1 aliphatic heterocycles. The quantitative estimate of drug-likeness (QED) is 0.740. The summed E-state index contributed by atoms with van der Waals surface area (Å²) in [6.07, 6.45) is 1.01. The highest BCUT2D eigenvalue weighted by atomic mass is 35.5. The van der Waals surface area contributed by atoms with Gasteiger partial charge in [-0.3, -0.25) is 4.79 Å². The molecule has 0 N–H and O–H groups in total. The maximum absolute atomic E-state index is 12.4. The molecule has 2 heterocycles. The number of carbonyl (C=O) groups excluding carboxylic acids is 1. The van der Waals surface area contributed by atoms with Crippen LogP contribution in [0.5, 0.6) is 0 Å². The molecule has 1 unspecified atom stereocenters.